The molecule has 0 aliphatic rings. The molecule has 2 heterocycles. The number of aryl methyl sites for hydroxylation is 1. The molecule has 0 radical (unpaired) electrons. The van der Waals surface area contributed by atoms with Crippen LogP contribution in [0.1, 0.15) is 15.9 Å². The highest BCUT2D eigenvalue weighted by molar-refractivity contribution is 7.99. The molecule has 124 valence electrons. The molecule has 2 aromatic heterocycles. The fraction of sp³-hybridized carbons (Fsp3) is 0.105. The van der Waals surface area contributed by atoms with Gasteiger partial charge in [-0.2, -0.15) is 0 Å². The summed E-state index contributed by atoms with van der Waals surface area (Å²) in [6.07, 6.45) is 1.85. The Morgan fingerprint density at radius 1 is 1.12 bits per heavy atom. The van der Waals surface area contributed by atoms with E-state index in [1.165, 1.54) is 11.8 Å². The summed E-state index contributed by atoms with van der Waals surface area (Å²) in [6.45, 7) is 1.99. The number of rotatable bonds is 5. The lowest BCUT2D eigenvalue weighted by Gasteiger charge is -1.99. The van der Waals surface area contributed by atoms with Crippen LogP contribution in [0, 0.1) is 6.92 Å². The van der Waals surface area contributed by atoms with E-state index in [0.29, 0.717) is 16.7 Å². The lowest BCUT2D eigenvalue weighted by atomic mass is 10.1. The molecule has 6 heteroatoms. The minimum atomic E-state index is 0.0387. The molecule has 0 saturated carbocycles. The molecule has 1 N–H and O–H groups in total. The summed E-state index contributed by atoms with van der Waals surface area (Å²) >= 11 is 1.25. The number of benzene rings is 2. The maximum Gasteiger partial charge on any atom is 0.277 e. The minimum Gasteiger partial charge on any atom is -0.411 e. The van der Waals surface area contributed by atoms with Crippen molar-refractivity contribution in [1.29, 1.82) is 0 Å². The van der Waals surface area contributed by atoms with E-state index in [1.807, 2.05) is 61.7 Å². The van der Waals surface area contributed by atoms with Gasteiger partial charge in [0.1, 0.15) is 0 Å². The van der Waals surface area contributed by atoms with E-state index in [2.05, 4.69) is 15.2 Å². The van der Waals surface area contributed by atoms with Crippen LogP contribution < -0.4 is 0 Å². The highest BCUT2D eigenvalue weighted by Crippen LogP contribution is 2.29. The van der Waals surface area contributed by atoms with Gasteiger partial charge in [0.15, 0.2) is 5.78 Å². The molecule has 0 aliphatic carbocycles. The van der Waals surface area contributed by atoms with Gasteiger partial charge in [-0.15, -0.1) is 10.2 Å². The Kier molecular flexibility index (Phi) is 4.11. The number of nitrogens with zero attached hydrogens (tertiary/aromatic N) is 2. The molecule has 4 rings (SSSR count). The van der Waals surface area contributed by atoms with E-state index >= 15 is 0 Å². The molecular formula is C19H15N3O2S. The maximum atomic E-state index is 12.2. The summed E-state index contributed by atoms with van der Waals surface area (Å²) in [6, 6.07) is 15.5. The van der Waals surface area contributed by atoms with Gasteiger partial charge in [-0.25, -0.2) is 0 Å². The van der Waals surface area contributed by atoms with Crippen molar-refractivity contribution in [3.63, 3.8) is 0 Å². The fourth-order valence-corrected chi connectivity index (χ4v) is 3.23. The zero-order valence-electron chi connectivity index (χ0n) is 13.5. The van der Waals surface area contributed by atoms with E-state index < -0.39 is 0 Å². The van der Waals surface area contributed by atoms with Gasteiger partial charge in [-0.05, 0) is 13.0 Å². The number of H-pyrrole nitrogens is 1. The van der Waals surface area contributed by atoms with Crippen LogP contribution in [0.5, 0.6) is 0 Å². The molecule has 4 aromatic rings. The number of nitrogens with one attached hydrogen (secondary N) is 1. The zero-order valence-corrected chi connectivity index (χ0v) is 14.3. The van der Waals surface area contributed by atoms with Crippen molar-refractivity contribution in [1.82, 2.24) is 15.2 Å². The van der Waals surface area contributed by atoms with Crippen LogP contribution in [-0.2, 0) is 0 Å². The van der Waals surface area contributed by atoms with Gasteiger partial charge in [-0.3, -0.25) is 4.79 Å². The van der Waals surface area contributed by atoms with Gasteiger partial charge in [0.2, 0.25) is 0 Å². The zero-order chi connectivity index (χ0) is 17.2. The van der Waals surface area contributed by atoms with Crippen molar-refractivity contribution in [2.24, 2.45) is 0 Å². The lowest BCUT2D eigenvalue weighted by molar-refractivity contribution is 0.102. The molecule has 0 unspecified atom stereocenters. The number of Topliss-reactive ketones (excluding diaryl/α,β-unsaturated/α-hetero) is 1. The summed E-state index contributed by atoms with van der Waals surface area (Å²) < 4.78 is 5.71. The van der Waals surface area contributed by atoms with Crippen LogP contribution in [0.2, 0.25) is 0 Å². The van der Waals surface area contributed by atoms with Gasteiger partial charge >= 0.3 is 0 Å². The summed E-state index contributed by atoms with van der Waals surface area (Å²) in [5.41, 5.74) is 3.69. The van der Waals surface area contributed by atoms with Crippen LogP contribution in [0.4, 0.5) is 0 Å². The summed E-state index contributed by atoms with van der Waals surface area (Å²) in [7, 11) is 0. The molecular weight excluding hydrogens is 334 g/mol. The predicted octanol–water partition coefficient (Wildman–Crippen LogP) is 4.50. The fourth-order valence-electron chi connectivity index (χ4n) is 2.58. The van der Waals surface area contributed by atoms with Crippen LogP contribution in [0.3, 0.4) is 0 Å². The van der Waals surface area contributed by atoms with Crippen molar-refractivity contribution < 1.29 is 9.21 Å². The molecule has 5 nitrogen and oxygen atoms in total. The molecule has 25 heavy (non-hydrogen) atoms. The first-order valence-corrected chi connectivity index (χ1v) is 8.82. The molecule has 2 aromatic carbocycles. The van der Waals surface area contributed by atoms with E-state index in [4.69, 9.17) is 4.42 Å². The molecule has 0 bridgehead atoms. The molecule has 0 spiro atoms. The maximum absolute atomic E-state index is 12.2. The molecule has 0 saturated heterocycles. The van der Waals surface area contributed by atoms with E-state index in [9.17, 15) is 4.79 Å². The smallest absolute Gasteiger partial charge is 0.277 e. The third kappa shape index (κ3) is 3.21. The second-order valence-corrected chi connectivity index (χ2v) is 6.63. The van der Waals surface area contributed by atoms with Gasteiger partial charge in [0, 0.05) is 22.7 Å². The number of hydrogen-bond donors (Lipinski definition) is 1. The second-order valence-electron chi connectivity index (χ2n) is 5.70. The van der Waals surface area contributed by atoms with Gasteiger partial charge in [0.25, 0.3) is 11.1 Å². The van der Waals surface area contributed by atoms with Crippen molar-refractivity contribution in [2.75, 3.05) is 5.75 Å². The molecule has 0 fully saturated rings. The Balaban J connectivity index is 1.48. The minimum absolute atomic E-state index is 0.0387. The van der Waals surface area contributed by atoms with E-state index in [-0.39, 0.29) is 11.5 Å². The summed E-state index contributed by atoms with van der Waals surface area (Å²) in [5, 5.41) is 9.56. The number of hydrogen-bond acceptors (Lipinski definition) is 5. The number of aromatic nitrogens is 3. The Morgan fingerprint density at radius 2 is 1.92 bits per heavy atom. The topological polar surface area (TPSA) is 71.8 Å². The van der Waals surface area contributed by atoms with Gasteiger partial charge in [0.05, 0.1) is 11.3 Å². The second kappa shape index (κ2) is 6.57. The SMILES string of the molecule is Cc1ccc(C(=O)CSc2nnc(-c3c[nH]c4ccccc34)o2)cc1. The van der Waals surface area contributed by atoms with Crippen LogP contribution in [0.15, 0.2) is 64.4 Å². The van der Waals surface area contributed by atoms with Gasteiger partial charge < -0.3 is 9.40 Å². The highest BCUT2D eigenvalue weighted by Gasteiger charge is 2.15. The van der Waals surface area contributed by atoms with Gasteiger partial charge in [-0.1, -0.05) is 59.8 Å². The number of para-hydroxylation sites is 1. The Bertz CT molecular complexity index is 1030. The van der Waals surface area contributed by atoms with Crippen molar-refractivity contribution in [3.05, 3.63) is 65.9 Å². The first kappa shape index (κ1) is 15.7. The Morgan fingerprint density at radius 3 is 2.76 bits per heavy atom. The summed E-state index contributed by atoms with van der Waals surface area (Å²) in [4.78, 5) is 15.4. The number of fused-ring (bicyclic) bond motifs is 1. The number of thioether (sulfide) groups is 1. The third-order valence-corrected chi connectivity index (χ3v) is 4.74. The summed E-state index contributed by atoms with van der Waals surface area (Å²) in [5.74, 6) is 0.748. The van der Waals surface area contributed by atoms with Crippen LogP contribution in [-0.4, -0.2) is 26.7 Å². The van der Waals surface area contributed by atoms with Crippen LogP contribution >= 0.6 is 11.8 Å². The van der Waals surface area contributed by atoms with E-state index in [1.54, 1.807) is 0 Å². The Hall–Kier alpha value is -2.86. The third-order valence-electron chi connectivity index (χ3n) is 3.93. The Labute approximate surface area is 148 Å². The first-order chi connectivity index (χ1) is 12.2. The number of carbonyl (C=O) groups excluding carboxylic acids is 1. The molecule has 0 amide bonds. The molecule has 0 aliphatic heterocycles. The van der Waals surface area contributed by atoms with E-state index in [0.717, 1.165) is 22.0 Å². The number of ketones is 1. The monoisotopic (exact) mass is 349 g/mol. The lowest BCUT2D eigenvalue weighted by Crippen LogP contribution is -2.02. The van der Waals surface area contributed by atoms with Crippen molar-refractivity contribution >= 4 is 28.4 Å². The largest absolute Gasteiger partial charge is 0.411 e. The van der Waals surface area contributed by atoms with Crippen LogP contribution in [0.25, 0.3) is 22.4 Å². The normalized spacial score (nSPS) is 11.1. The standard InChI is InChI=1S/C19H15N3O2S/c1-12-6-8-13(9-7-12)17(23)11-25-19-22-21-18(24-19)15-10-20-16-5-3-2-4-14(15)16/h2-10,20H,11H2,1H3. The average Bonchev–Trinajstić information content (AvgIpc) is 3.27. The first-order valence-electron chi connectivity index (χ1n) is 7.83. The number of aromatic amines is 1. The molecule has 0 atom stereocenters. The van der Waals surface area contributed by atoms with Crippen molar-refractivity contribution in [3.8, 4) is 11.5 Å². The predicted molar refractivity (Wildman–Crippen MR) is 97.8 cm³/mol. The highest BCUT2D eigenvalue weighted by atomic mass is 32.2. The van der Waals surface area contributed by atoms with Crippen molar-refractivity contribution in [2.45, 2.75) is 12.1 Å². The number of carbonyl (C=O) groups is 1. The quantitative estimate of drug-likeness (QED) is 0.424. The average molecular weight is 349 g/mol.